The second kappa shape index (κ2) is 9.62. The summed E-state index contributed by atoms with van der Waals surface area (Å²) in [6, 6.07) is 18.2. The molecule has 0 radical (unpaired) electrons. The summed E-state index contributed by atoms with van der Waals surface area (Å²) >= 11 is 0. The quantitative estimate of drug-likeness (QED) is 0.729. The molecule has 0 unspecified atom stereocenters. The Labute approximate surface area is 158 Å². The standard InChI is InChI=1S/C21H24N2O4/c24-20(22-16-10-4-1-5-11-16)26-18-14-8-3-9-15-19(18)27-21(25)23-17-12-6-2-7-13-17/h1-2,4-7,10-13,18-19H,3,8-9,14-15H2,(H,22,24)(H,23,25)/t18-,19-/m0/s1. The van der Waals surface area contributed by atoms with Crippen LogP contribution in [-0.2, 0) is 9.47 Å². The fourth-order valence-corrected chi connectivity index (χ4v) is 3.12. The summed E-state index contributed by atoms with van der Waals surface area (Å²) in [5.74, 6) is 0. The fourth-order valence-electron chi connectivity index (χ4n) is 3.12. The van der Waals surface area contributed by atoms with Crippen LogP contribution >= 0.6 is 0 Å². The van der Waals surface area contributed by atoms with Gasteiger partial charge in [0.05, 0.1) is 0 Å². The predicted molar refractivity (Wildman–Crippen MR) is 104 cm³/mol. The third kappa shape index (κ3) is 6.02. The number of nitrogens with one attached hydrogen (secondary N) is 2. The van der Waals surface area contributed by atoms with Gasteiger partial charge in [0.25, 0.3) is 0 Å². The minimum atomic E-state index is -0.537. The summed E-state index contributed by atoms with van der Waals surface area (Å²) < 4.78 is 11.2. The Hall–Kier alpha value is -3.02. The van der Waals surface area contributed by atoms with Gasteiger partial charge in [-0.2, -0.15) is 0 Å². The van der Waals surface area contributed by atoms with Crippen LogP contribution < -0.4 is 10.6 Å². The van der Waals surface area contributed by atoms with Crippen molar-refractivity contribution in [1.29, 1.82) is 0 Å². The number of hydrogen-bond acceptors (Lipinski definition) is 4. The van der Waals surface area contributed by atoms with Crippen molar-refractivity contribution in [2.45, 2.75) is 44.3 Å². The van der Waals surface area contributed by atoms with E-state index in [1.54, 1.807) is 24.3 Å². The van der Waals surface area contributed by atoms with Crippen LogP contribution in [0.15, 0.2) is 60.7 Å². The Bertz CT molecular complexity index is 673. The van der Waals surface area contributed by atoms with Gasteiger partial charge in [-0.25, -0.2) is 9.59 Å². The maximum absolute atomic E-state index is 12.2. The van der Waals surface area contributed by atoms with Crippen LogP contribution in [0.4, 0.5) is 21.0 Å². The number of amides is 2. The number of carbonyl (C=O) groups is 2. The molecule has 27 heavy (non-hydrogen) atoms. The van der Waals surface area contributed by atoms with Crippen LogP contribution in [0.2, 0.25) is 0 Å². The van der Waals surface area contributed by atoms with E-state index in [0.717, 1.165) is 19.3 Å². The lowest BCUT2D eigenvalue weighted by Crippen LogP contribution is -2.36. The van der Waals surface area contributed by atoms with Gasteiger partial charge in [0.15, 0.2) is 0 Å². The zero-order valence-corrected chi connectivity index (χ0v) is 15.1. The second-order valence-corrected chi connectivity index (χ2v) is 6.51. The van der Waals surface area contributed by atoms with Gasteiger partial charge in [-0.1, -0.05) is 42.8 Å². The smallest absolute Gasteiger partial charge is 0.412 e. The highest BCUT2D eigenvalue weighted by molar-refractivity contribution is 5.85. The van der Waals surface area contributed by atoms with E-state index < -0.39 is 24.4 Å². The van der Waals surface area contributed by atoms with Gasteiger partial charge in [-0.15, -0.1) is 0 Å². The molecule has 2 aromatic rings. The Balaban J connectivity index is 1.57. The zero-order valence-electron chi connectivity index (χ0n) is 15.1. The molecule has 2 atom stereocenters. The van der Waals surface area contributed by atoms with Gasteiger partial charge in [-0.3, -0.25) is 10.6 Å². The number of benzene rings is 2. The van der Waals surface area contributed by atoms with Crippen LogP contribution in [0, 0.1) is 0 Å². The molecule has 1 fully saturated rings. The lowest BCUT2D eigenvalue weighted by Gasteiger charge is -2.25. The average Bonchev–Trinajstić information content (AvgIpc) is 2.88. The topological polar surface area (TPSA) is 76.7 Å². The molecule has 0 heterocycles. The van der Waals surface area contributed by atoms with E-state index in [1.165, 1.54) is 0 Å². The van der Waals surface area contributed by atoms with Gasteiger partial charge in [0.2, 0.25) is 0 Å². The van der Waals surface area contributed by atoms with Crippen molar-refractivity contribution >= 4 is 23.6 Å². The van der Waals surface area contributed by atoms with Crippen LogP contribution in [0.3, 0.4) is 0 Å². The number of anilines is 2. The minimum absolute atomic E-state index is 0.460. The molecule has 142 valence electrons. The highest BCUT2D eigenvalue weighted by atomic mass is 16.6. The monoisotopic (exact) mass is 368 g/mol. The van der Waals surface area contributed by atoms with E-state index in [4.69, 9.17) is 9.47 Å². The molecule has 3 rings (SSSR count). The van der Waals surface area contributed by atoms with Crippen molar-refractivity contribution in [2.24, 2.45) is 0 Å². The van der Waals surface area contributed by atoms with Crippen LogP contribution in [0.1, 0.15) is 32.1 Å². The first-order valence-electron chi connectivity index (χ1n) is 9.26. The lowest BCUT2D eigenvalue weighted by molar-refractivity contribution is -0.00356. The molecular formula is C21H24N2O4. The molecule has 0 saturated heterocycles. The Morgan fingerprint density at radius 3 is 1.48 bits per heavy atom. The van der Waals surface area contributed by atoms with Gasteiger partial charge in [0.1, 0.15) is 12.2 Å². The highest BCUT2D eigenvalue weighted by Crippen LogP contribution is 2.24. The number of rotatable bonds is 4. The SMILES string of the molecule is O=C(Nc1ccccc1)O[C@H]1CCCCC[C@@H]1OC(=O)Nc1ccccc1. The molecule has 0 aromatic heterocycles. The van der Waals surface area contributed by atoms with Crippen molar-refractivity contribution in [3.05, 3.63) is 60.7 Å². The van der Waals surface area contributed by atoms with Gasteiger partial charge < -0.3 is 9.47 Å². The first-order valence-corrected chi connectivity index (χ1v) is 9.26. The molecule has 0 aliphatic heterocycles. The van der Waals surface area contributed by atoms with Crippen molar-refractivity contribution in [3.8, 4) is 0 Å². The highest BCUT2D eigenvalue weighted by Gasteiger charge is 2.30. The average molecular weight is 368 g/mol. The van der Waals surface area contributed by atoms with E-state index in [9.17, 15) is 9.59 Å². The summed E-state index contributed by atoms with van der Waals surface area (Å²) in [6.07, 6.45) is 2.25. The maximum Gasteiger partial charge on any atom is 0.412 e. The third-order valence-electron chi connectivity index (χ3n) is 4.45. The van der Waals surface area contributed by atoms with Gasteiger partial charge >= 0.3 is 12.2 Å². The molecule has 1 saturated carbocycles. The normalized spacial score (nSPS) is 19.4. The van der Waals surface area contributed by atoms with Gasteiger partial charge in [0, 0.05) is 11.4 Å². The molecular weight excluding hydrogens is 344 g/mol. The molecule has 6 nitrogen and oxygen atoms in total. The van der Waals surface area contributed by atoms with Crippen molar-refractivity contribution < 1.29 is 19.1 Å². The van der Waals surface area contributed by atoms with Crippen molar-refractivity contribution in [1.82, 2.24) is 0 Å². The zero-order chi connectivity index (χ0) is 18.9. The van der Waals surface area contributed by atoms with E-state index in [-0.39, 0.29) is 0 Å². The molecule has 6 heteroatoms. The summed E-state index contributed by atoms with van der Waals surface area (Å²) in [7, 11) is 0. The molecule has 0 bridgehead atoms. The van der Waals surface area contributed by atoms with E-state index in [0.29, 0.717) is 24.2 Å². The summed E-state index contributed by atoms with van der Waals surface area (Å²) in [6.45, 7) is 0. The van der Waals surface area contributed by atoms with Crippen LogP contribution in [0.25, 0.3) is 0 Å². The lowest BCUT2D eigenvalue weighted by atomic mass is 10.1. The van der Waals surface area contributed by atoms with Gasteiger partial charge in [-0.05, 0) is 49.9 Å². The van der Waals surface area contributed by atoms with Crippen molar-refractivity contribution in [2.75, 3.05) is 10.6 Å². The first kappa shape index (κ1) is 18.8. The number of hydrogen-bond donors (Lipinski definition) is 2. The fraction of sp³-hybridized carbons (Fsp3) is 0.333. The minimum Gasteiger partial charge on any atom is -0.442 e. The number of carbonyl (C=O) groups excluding carboxylic acids is 2. The number of para-hydroxylation sites is 2. The summed E-state index contributed by atoms with van der Waals surface area (Å²) in [4.78, 5) is 24.5. The first-order chi connectivity index (χ1) is 13.2. The summed E-state index contributed by atoms with van der Waals surface area (Å²) in [5.41, 5.74) is 1.32. The van der Waals surface area contributed by atoms with E-state index in [1.807, 2.05) is 36.4 Å². The van der Waals surface area contributed by atoms with Crippen LogP contribution in [0.5, 0.6) is 0 Å². The Morgan fingerprint density at radius 1 is 0.667 bits per heavy atom. The molecule has 1 aliphatic rings. The Morgan fingerprint density at radius 2 is 1.07 bits per heavy atom. The maximum atomic E-state index is 12.2. The second-order valence-electron chi connectivity index (χ2n) is 6.51. The predicted octanol–water partition coefficient (Wildman–Crippen LogP) is 5.19. The molecule has 2 aromatic carbocycles. The molecule has 1 aliphatic carbocycles. The summed E-state index contributed by atoms with van der Waals surface area (Å²) in [5, 5.41) is 5.41. The van der Waals surface area contributed by atoms with E-state index in [2.05, 4.69) is 10.6 Å². The Kier molecular flexibility index (Phi) is 6.68. The molecule has 0 spiro atoms. The largest absolute Gasteiger partial charge is 0.442 e. The molecule has 2 amide bonds. The molecule has 2 N–H and O–H groups in total. The third-order valence-corrected chi connectivity index (χ3v) is 4.45. The van der Waals surface area contributed by atoms with Crippen molar-refractivity contribution in [3.63, 3.8) is 0 Å². The number of ether oxygens (including phenoxy) is 2. The van der Waals surface area contributed by atoms with E-state index >= 15 is 0 Å². The van der Waals surface area contributed by atoms with Crippen LogP contribution in [-0.4, -0.2) is 24.4 Å².